The fourth-order valence-corrected chi connectivity index (χ4v) is 6.92. The lowest BCUT2D eigenvalue weighted by Gasteiger charge is -2.22. The van der Waals surface area contributed by atoms with Gasteiger partial charge in [0, 0.05) is 24.7 Å². The number of benzene rings is 1. The summed E-state index contributed by atoms with van der Waals surface area (Å²) in [6.07, 6.45) is 3.15. The highest BCUT2D eigenvalue weighted by Gasteiger charge is 2.37. The second-order valence-electron chi connectivity index (χ2n) is 9.43. The number of aliphatic hydroxyl groups excluding tert-OH is 1. The SMILES string of the molecule is CSSC(COc1cccc(C(=O)NCCN)c1)OCCOCC(=O)NCC#CB[C@H]1C[C@@H](O[C@H](CO[N+](=O)[O-])SSC)C(CO)O1. The van der Waals surface area contributed by atoms with Crippen molar-refractivity contribution in [1.82, 2.24) is 10.6 Å². The first-order chi connectivity index (χ1) is 22.8. The molecule has 0 saturated carbocycles. The van der Waals surface area contributed by atoms with E-state index in [1.165, 1.54) is 43.2 Å². The molecule has 2 rings (SSSR count). The van der Waals surface area contributed by atoms with Crippen molar-refractivity contribution in [1.29, 1.82) is 0 Å². The maximum Gasteiger partial charge on any atom is 0.294 e. The molecule has 1 saturated heterocycles. The van der Waals surface area contributed by atoms with Gasteiger partial charge in [-0.25, -0.2) is 0 Å². The van der Waals surface area contributed by atoms with E-state index >= 15 is 0 Å². The minimum atomic E-state index is -0.873. The van der Waals surface area contributed by atoms with Gasteiger partial charge in [-0.3, -0.25) is 9.59 Å². The molecule has 1 aliphatic rings. The van der Waals surface area contributed by atoms with E-state index in [1.54, 1.807) is 24.3 Å². The van der Waals surface area contributed by atoms with Crippen molar-refractivity contribution in [2.75, 3.05) is 71.8 Å². The topological polar surface area (TPSA) is 203 Å². The number of carbonyl (C=O) groups excluding carboxylic acids is 2. The molecule has 20 heteroatoms. The van der Waals surface area contributed by atoms with Crippen molar-refractivity contribution in [3.63, 3.8) is 0 Å². The lowest BCUT2D eigenvalue weighted by molar-refractivity contribution is -0.758. The Morgan fingerprint density at radius 2 is 2.00 bits per heavy atom. The van der Waals surface area contributed by atoms with Gasteiger partial charge in [0.15, 0.2) is 0 Å². The molecule has 262 valence electrons. The van der Waals surface area contributed by atoms with Gasteiger partial charge >= 0.3 is 0 Å². The molecule has 1 aromatic carbocycles. The normalized spacial score (nSPS) is 18.3. The third-order valence-electron chi connectivity index (χ3n) is 6.01. The van der Waals surface area contributed by atoms with Crippen molar-refractivity contribution >= 4 is 62.3 Å². The zero-order valence-corrected chi connectivity index (χ0v) is 29.4. The first-order valence-corrected chi connectivity index (χ1v) is 19.7. The highest BCUT2D eigenvalue weighted by Crippen LogP contribution is 2.31. The standard InChI is InChI=1S/C27H41BN4O11S4/c1-44-46-25(17-40-20-6-3-5-19(13-20)27(35)31-10-8-29)39-12-11-38-16-24(34)30-9-4-7-28-23-14-21(22(15-33)42-23)43-26(47-45-2)18-41-32(36)37/h3,5-6,13,21-23,25-26,28,33H,8-12,14-18,29H2,1-2H3,(H,30,34)(H,31,35)/t21-,22?,23-,25?,26+/m1/s1. The first-order valence-electron chi connectivity index (χ1n) is 14.5. The van der Waals surface area contributed by atoms with Crippen LogP contribution in [0.5, 0.6) is 5.75 Å². The van der Waals surface area contributed by atoms with Gasteiger partial charge in [0.2, 0.25) is 13.2 Å². The summed E-state index contributed by atoms with van der Waals surface area (Å²) in [6, 6.07) is 6.55. The summed E-state index contributed by atoms with van der Waals surface area (Å²) < 4.78 is 28.8. The number of aliphatic hydroxyl groups is 1. The molecular formula is C27H41BN4O11S4. The smallest absolute Gasteiger partial charge is 0.294 e. The van der Waals surface area contributed by atoms with Gasteiger partial charge < -0.3 is 50.0 Å². The molecule has 15 nitrogen and oxygen atoms in total. The number of carbonyl (C=O) groups is 2. The summed E-state index contributed by atoms with van der Waals surface area (Å²) in [4.78, 5) is 39.2. The molecule has 0 spiro atoms. The molecule has 0 bridgehead atoms. The number of hydrogen-bond acceptors (Lipinski definition) is 16. The van der Waals surface area contributed by atoms with E-state index in [2.05, 4.69) is 27.2 Å². The number of nitrogens with zero attached hydrogens (tertiary/aromatic N) is 1. The lowest BCUT2D eigenvalue weighted by Crippen LogP contribution is -2.32. The third-order valence-corrected chi connectivity index (χ3v) is 9.79. The molecule has 5 atom stereocenters. The Hall–Kier alpha value is -2.06. The highest BCUT2D eigenvalue weighted by molar-refractivity contribution is 8.76. The van der Waals surface area contributed by atoms with E-state index in [4.69, 9.17) is 29.4 Å². The van der Waals surface area contributed by atoms with Gasteiger partial charge in [-0.1, -0.05) is 55.2 Å². The van der Waals surface area contributed by atoms with E-state index in [9.17, 15) is 24.8 Å². The summed E-state index contributed by atoms with van der Waals surface area (Å²) in [6.45, 7) is 0.899. The number of amides is 2. The number of nitrogens with two attached hydrogens (primary N) is 1. The van der Waals surface area contributed by atoms with Crippen LogP contribution in [0, 0.1) is 21.9 Å². The Balaban J connectivity index is 1.63. The zero-order valence-electron chi connectivity index (χ0n) is 26.2. The number of ether oxygens (including phenoxy) is 5. The average Bonchev–Trinajstić information content (AvgIpc) is 3.46. The molecule has 1 heterocycles. The average molecular weight is 737 g/mol. The van der Waals surface area contributed by atoms with Crippen LogP contribution in [0.1, 0.15) is 16.8 Å². The second kappa shape index (κ2) is 25.0. The molecule has 1 aliphatic heterocycles. The van der Waals surface area contributed by atoms with Gasteiger partial charge in [0.05, 0.1) is 32.5 Å². The third kappa shape index (κ3) is 17.8. The van der Waals surface area contributed by atoms with Crippen LogP contribution in [0.15, 0.2) is 24.3 Å². The van der Waals surface area contributed by atoms with E-state index in [-0.39, 0.29) is 69.4 Å². The van der Waals surface area contributed by atoms with Crippen molar-refractivity contribution in [3.05, 3.63) is 39.9 Å². The first kappa shape index (κ1) is 41.1. The van der Waals surface area contributed by atoms with Crippen molar-refractivity contribution in [3.8, 4) is 17.5 Å². The molecule has 2 amide bonds. The zero-order chi connectivity index (χ0) is 34.3. The van der Waals surface area contributed by atoms with Crippen LogP contribution in [0.25, 0.3) is 0 Å². The molecule has 0 aliphatic carbocycles. The van der Waals surface area contributed by atoms with Gasteiger partial charge in [0.25, 0.3) is 11.0 Å². The Labute approximate surface area is 290 Å². The molecule has 0 radical (unpaired) electrons. The summed E-state index contributed by atoms with van der Waals surface area (Å²) in [5, 5.41) is 24.7. The monoisotopic (exact) mass is 736 g/mol. The Morgan fingerprint density at radius 1 is 1.21 bits per heavy atom. The van der Waals surface area contributed by atoms with E-state index in [0.29, 0.717) is 38.1 Å². The number of hydrogen-bond donors (Lipinski definition) is 4. The van der Waals surface area contributed by atoms with Crippen LogP contribution in [0.4, 0.5) is 0 Å². The molecular weight excluding hydrogens is 695 g/mol. The molecule has 1 fully saturated rings. The van der Waals surface area contributed by atoms with Crippen LogP contribution in [-0.4, -0.2) is 130 Å². The maximum absolute atomic E-state index is 12.1. The van der Waals surface area contributed by atoms with Gasteiger partial charge in [-0.2, -0.15) is 5.82 Å². The lowest BCUT2D eigenvalue weighted by atomic mass is 9.71. The fraction of sp³-hybridized carbons (Fsp3) is 0.630. The fourth-order valence-electron chi connectivity index (χ4n) is 3.99. The maximum atomic E-state index is 12.1. The molecule has 0 aromatic heterocycles. The van der Waals surface area contributed by atoms with E-state index in [1.807, 2.05) is 12.5 Å². The van der Waals surface area contributed by atoms with Crippen LogP contribution >= 0.6 is 43.2 Å². The van der Waals surface area contributed by atoms with Gasteiger partial charge in [-0.05, 0) is 37.1 Å². The highest BCUT2D eigenvalue weighted by atomic mass is 33.1. The van der Waals surface area contributed by atoms with Gasteiger partial charge in [-0.15, -0.1) is 10.1 Å². The largest absolute Gasteiger partial charge is 0.490 e. The molecule has 1 aromatic rings. The summed E-state index contributed by atoms with van der Waals surface area (Å²) >= 11 is 0. The van der Waals surface area contributed by atoms with Crippen LogP contribution < -0.4 is 21.1 Å². The molecule has 5 N–H and O–H groups in total. The van der Waals surface area contributed by atoms with E-state index < -0.39 is 22.7 Å². The van der Waals surface area contributed by atoms with Crippen LogP contribution in [0.3, 0.4) is 0 Å². The van der Waals surface area contributed by atoms with E-state index in [0.717, 1.165) is 0 Å². The van der Waals surface area contributed by atoms with Crippen LogP contribution in [0.2, 0.25) is 0 Å². The summed E-state index contributed by atoms with van der Waals surface area (Å²) in [7, 11) is 6.04. The summed E-state index contributed by atoms with van der Waals surface area (Å²) in [5.41, 5.74) is 5.00. The summed E-state index contributed by atoms with van der Waals surface area (Å²) in [5.74, 6) is 5.81. The van der Waals surface area contributed by atoms with Crippen molar-refractivity contribution < 1.29 is 48.3 Å². The van der Waals surface area contributed by atoms with Crippen molar-refractivity contribution in [2.45, 2.75) is 35.5 Å². The minimum Gasteiger partial charge on any atom is -0.490 e. The minimum absolute atomic E-state index is 0.124. The predicted octanol–water partition coefficient (Wildman–Crippen LogP) is 0.676. The Bertz CT molecular complexity index is 1150. The number of nitrogens with one attached hydrogen (secondary N) is 2. The predicted molar refractivity (Wildman–Crippen MR) is 186 cm³/mol. The number of rotatable bonds is 24. The molecule has 2 unspecified atom stereocenters. The van der Waals surface area contributed by atoms with Crippen molar-refractivity contribution in [2.24, 2.45) is 5.73 Å². The molecule has 47 heavy (non-hydrogen) atoms. The van der Waals surface area contributed by atoms with Gasteiger partial charge in [0.1, 0.15) is 42.5 Å². The second-order valence-corrected chi connectivity index (χ2v) is 14.7. The Kier molecular flexibility index (Phi) is 21.9. The van der Waals surface area contributed by atoms with Crippen LogP contribution in [-0.2, 0) is 28.6 Å². The Morgan fingerprint density at radius 3 is 2.72 bits per heavy atom. The quantitative estimate of drug-likeness (QED) is 0.0219.